The summed E-state index contributed by atoms with van der Waals surface area (Å²) in [7, 11) is 0. The molecule has 1 atom stereocenters. The molecule has 0 radical (unpaired) electrons. The number of nitrogens with zero attached hydrogens (tertiary/aromatic N) is 2. The summed E-state index contributed by atoms with van der Waals surface area (Å²) < 4.78 is 0. The van der Waals surface area contributed by atoms with E-state index in [-0.39, 0.29) is 17.7 Å². The zero-order valence-corrected chi connectivity index (χ0v) is 15.0. The Hall–Kier alpha value is -1.91. The highest BCUT2D eigenvalue weighted by Crippen LogP contribution is 2.27. The van der Waals surface area contributed by atoms with Gasteiger partial charge in [0.2, 0.25) is 11.8 Å². The Labute approximate surface area is 150 Å². The van der Waals surface area contributed by atoms with Crippen molar-refractivity contribution in [3.8, 4) is 0 Å². The van der Waals surface area contributed by atoms with Gasteiger partial charge in [-0.3, -0.25) is 14.6 Å². The smallest absolute Gasteiger partial charge is 0.224 e. The molecule has 1 aromatic heterocycles. The lowest BCUT2D eigenvalue weighted by molar-refractivity contribution is -0.141. The van der Waals surface area contributed by atoms with Crippen molar-refractivity contribution >= 4 is 11.8 Å². The molecule has 1 saturated carbocycles. The number of amides is 2. The molecular formula is C20H29N3O2. The zero-order valence-electron chi connectivity index (χ0n) is 15.0. The molecule has 0 aromatic carbocycles. The van der Waals surface area contributed by atoms with Gasteiger partial charge in [0, 0.05) is 37.9 Å². The van der Waals surface area contributed by atoms with Crippen molar-refractivity contribution in [3.63, 3.8) is 0 Å². The minimum absolute atomic E-state index is 0.0570. The molecule has 3 rings (SSSR count). The molecule has 5 nitrogen and oxygen atoms in total. The Balaban J connectivity index is 1.49. The number of likely N-dealkylation sites (tertiary alicyclic amines) is 1. The van der Waals surface area contributed by atoms with E-state index in [0.29, 0.717) is 32.0 Å². The fraction of sp³-hybridized carbons (Fsp3) is 0.650. The van der Waals surface area contributed by atoms with Gasteiger partial charge in [-0.1, -0.05) is 25.7 Å². The molecule has 0 spiro atoms. The van der Waals surface area contributed by atoms with Crippen molar-refractivity contribution < 1.29 is 9.59 Å². The summed E-state index contributed by atoms with van der Waals surface area (Å²) in [4.78, 5) is 30.9. The summed E-state index contributed by atoms with van der Waals surface area (Å²) in [6.45, 7) is 1.24. The van der Waals surface area contributed by atoms with Crippen molar-refractivity contribution in [1.82, 2.24) is 15.2 Å². The Morgan fingerprint density at radius 3 is 2.56 bits per heavy atom. The number of hydrogen-bond acceptors (Lipinski definition) is 3. The molecule has 136 valence electrons. The maximum Gasteiger partial charge on any atom is 0.224 e. The second-order valence-corrected chi connectivity index (χ2v) is 7.32. The molecule has 1 N–H and O–H groups in total. The quantitative estimate of drug-likeness (QED) is 0.836. The van der Waals surface area contributed by atoms with E-state index in [1.807, 2.05) is 17.0 Å². The SMILES string of the molecule is O=C(NCCc1ccncc1)C1CCC(=O)N(C2CCCCCC2)C1. The molecule has 25 heavy (non-hydrogen) atoms. The Morgan fingerprint density at radius 2 is 1.84 bits per heavy atom. The summed E-state index contributed by atoms with van der Waals surface area (Å²) in [5.74, 6) is 0.284. The van der Waals surface area contributed by atoms with Crippen LogP contribution in [0.2, 0.25) is 0 Å². The fourth-order valence-electron chi connectivity index (χ4n) is 4.03. The van der Waals surface area contributed by atoms with E-state index in [4.69, 9.17) is 0 Å². The fourth-order valence-corrected chi connectivity index (χ4v) is 4.03. The first-order valence-corrected chi connectivity index (χ1v) is 9.70. The van der Waals surface area contributed by atoms with Gasteiger partial charge in [-0.25, -0.2) is 0 Å². The summed E-state index contributed by atoms with van der Waals surface area (Å²) >= 11 is 0. The lowest BCUT2D eigenvalue weighted by Gasteiger charge is -2.37. The third-order valence-corrected chi connectivity index (χ3v) is 5.54. The summed E-state index contributed by atoms with van der Waals surface area (Å²) in [6.07, 6.45) is 12.7. The first-order chi connectivity index (χ1) is 12.2. The van der Waals surface area contributed by atoms with Gasteiger partial charge in [-0.05, 0) is 43.4 Å². The summed E-state index contributed by atoms with van der Waals surface area (Å²) in [5.41, 5.74) is 1.18. The predicted molar refractivity (Wildman–Crippen MR) is 96.9 cm³/mol. The number of piperidine rings is 1. The van der Waals surface area contributed by atoms with Crippen LogP contribution in [-0.4, -0.2) is 40.8 Å². The molecule has 1 aromatic rings. The van der Waals surface area contributed by atoms with Gasteiger partial charge in [0.1, 0.15) is 0 Å². The van der Waals surface area contributed by atoms with E-state index in [9.17, 15) is 9.59 Å². The number of pyridine rings is 1. The standard InChI is InChI=1S/C20H29N3O2/c24-19-8-7-17(15-23(19)18-5-3-1-2-4-6-18)20(25)22-14-11-16-9-12-21-13-10-16/h9-10,12-13,17-18H,1-8,11,14-15H2,(H,22,25). The van der Waals surface area contributed by atoms with Crippen LogP contribution in [0.1, 0.15) is 56.9 Å². The lowest BCUT2D eigenvalue weighted by Crippen LogP contribution is -2.50. The molecule has 1 saturated heterocycles. The average Bonchev–Trinajstić information content (AvgIpc) is 2.92. The van der Waals surface area contributed by atoms with Crippen LogP contribution in [-0.2, 0) is 16.0 Å². The van der Waals surface area contributed by atoms with Gasteiger partial charge < -0.3 is 10.2 Å². The highest BCUT2D eigenvalue weighted by molar-refractivity contribution is 5.84. The Kier molecular flexibility index (Phi) is 6.42. The maximum atomic E-state index is 12.5. The summed E-state index contributed by atoms with van der Waals surface area (Å²) in [6, 6.07) is 4.29. The highest BCUT2D eigenvalue weighted by atomic mass is 16.2. The maximum absolute atomic E-state index is 12.5. The Bertz CT molecular complexity index is 568. The van der Waals surface area contributed by atoms with Gasteiger partial charge >= 0.3 is 0 Å². The molecule has 1 aliphatic heterocycles. The van der Waals surface area contributed by atoms with Crippen LogP contribution in [0.25, 0.3) is 0 Å². The van der Waals surface area contributed by atoms with E-state index in [1.54, 1.807) is 12.4 Å². The molecule has 5 heteroatoms. The van der Waals surface area contributed by atoms with Gasteiger partial charge in [0.05, 0.1) is 5.92 Å². The third-order valence-electron chi connectivity index (χ3n) is 5.54. The summed E-state index contributed by atoms with van der Waals surface area (Å²) in [5, 5.41) is 3.05. The normalized spacial score (nSPS) is 22.5. The monoisotopic (exact) mass is 343 g/mol. The predicted octanol–water partition coefficient (Wildman–Crippen LogP) is 2.70. The van der Waals surface area contributed by atoms with E-state index >= 15 is 0 Å². The lowest BCUT2D eigenvalue weighted by atomic mass is 9.93. The highest BCUT2D eigenvalue weighted by Gasteiger charge is 2.34. The molecule has 2 aliphatic rings. The first kappa shape index (κ1) is 17.9. The molecule has 2 fully saturated rings. The topological polar surface area (TPSA) is 62.3 Å². The number of aromatic nitrogens is 1. The number of hydrogen-bond donors (Lipinski definition) is 1. The second-order valence-electron chi connectivity index (χ2n) is 7.32. The number of carbonyl (C=O) groups excluding carboxylic acids is 2. The molecule has 1 aliphatic carbocycles. The number of rotatable bonds is 5. The van der Waals surface area contributed by atoms with Crippen LogP contribution in [0, 0.1) is 5.92 Å². The van der Waals surface area contributed by atoms with Crippen molar-refractivity contribution in [2.45, 2.75) is 63.8 Å². The van der Waals surface area contributed by atoms with Crippen molar-refractivity contribution in [2.75, 3.05) is 13.1 Å². The van der Waals surface area contributed by atoms with Crippen molar-refractivity contribution in [2.24, 2.45) is 5.92 Å². The van der Waals surface area contributed by atoms with Crippen LogP contribution < -0.4 is 5.32 Å². The third kappa shape index (κ3) is 5.03. The van der Waals surface area contributed by atoms with Crippen LogP contribution in [0.3, 0.4) is 0 Å². The van der Waals surface area contributed by atoms with Crippen LogP contribution in [0.4, 0.5) is 0 Å². The minimum Gasteiger partial charge on any atom is -0.355 e. The van der Waals surface area contributed by atoms with Crippen molar-refractivity contribution in [1.29, 1.82) is 0 Å². The van der Waals surface area contributed by atoms with Crippen LogP contribution >= 0.6 is 0 Å². The van der Waals surface area contributed by atoms with E-state index in [2.05, 4.69) is 10.3 Å². The zero-order chi connectivity index (χ0) is 17.5. The average molecular weight is 343 g/mol. The van der Waals surface area contributed by atoms with Gasteiger partial charge in [-0.2, -0.15) is 0 Å². The van der Waals surface area contributed by atoms with Gasteiger partial charge in [0.15, 0.2) is 0 Å². The number of nitrogens with one attached hydrogen (secondary N) is 1. The first-order valence-electron chi connectivity index (χ1n) is 9.70. The Morgan fingerprint density at radius 1 is 1.12 bits per heavy atom. The van der Waals surface area contributed by atoms with Gasteiger partial charge in [-0.15, -0.1) is 0 Å². The van der Waals surface area contributed by atoms with E-state index < -0.39 is 0 Å². The van der Waals surface area contributed by atoms with E-state index in [1.165, 1.54) is 31.2 Å². The molecule has 0 bridgehead atoms. The molecule has 2 amide bonds. The van der Waals surface area contributed by atoms with Crippen molar-refractivity contribution in [3.05, 3.63) is 30.1 Å². The largest absolute Gasteiger partial charge is 0.355 e. The molecule has 1 unspecified atom stereocenters. The molecule has 2 heterocycles. The molecular weight excluding hydrogens is 314 g/mol. The minimum atomic E-state index is -0.0570. The second kappa shape index (κ2) is 8.97. The van der Waals surface area contributed by atoms with Gasteiger partial charge in [0.25, 0.3) is 0 Å². The van der Waals surface area contributed by atoms with Crippen LogP contribution in [0.5, 0.6) is 0 Å². The number of carbonyl (C=O) groups is 2. The van der Waals surface area contributed by atoms with Crippen LogP contribution in [0.15, 0.2) is 24.5 Å². The van der Waals surface area contributed by atoms with E-state index in [0.717, 1.165) is 19.3 Å².